The first kappa shape index (κ1) is 21.6. The Labute approximate surface area is 212 Å². The van der Waals surface area contributed by atoms with Gasteiger partial charge in [0.2, 0.25) is 0 Å². The molecule has 0 radical (unpaired) electrons. The summed E-state index contributed by atoms with van der Waals surface area (Å²) in [6, 6.07) is 11.2. The SMILES string of the molecule is COc1ccc2c3c1O[C@H]1c4[nH]c5ccc(C(C)(C)C)cc5c4C[C@@]4(O)[C@@H](C2)N(CC2CC2)CC[C@]314. The van der Waals surface area contributed by atoms with Gasteiger partial charge in [0.1, 0.15) is 0 Å². The highest BCUT2D eigenvalue weighted by Crippen LogP contribution is 2.69. The van der Waals surface area contributed by atoms with Gasteiger partial charge in [-0.15, -0.1) is 0 Å². The lowest BCUT2D eigenvalue weighted by atomic mass is 9.49. The van der Waals surface area contributed by atoms with Crippen molar-refractivity contribution in [2.45, 2.75) is 81.5 Å². The molecule has 2 aliphatic heterocycles. The van der Waals surface area contributed by atoms with Crippen molar-refractivity contribution < 1.29 is 14.6 Å². The molecule has 3 aromatic rings. The van der Waals surface area contributed by atoms with Crippen molar-refractivity contribution in [1.82, 2.24) is 9.88 Å². The molecule has 4 atom stereocenters. The molecule has 5 aliphatic rings. The van der Waals surface area contributed by atoms with E-state index in [-0.39, 0.29) is 17.6 Å². The van der Waals surface area contributed by atoms with Crippen molar-refractivity contribution in [2.24, 2.45) is 5.92 Å². The summed E-state index contributed by atoms with van der Waals surface area (Å²) in [6.45, 7) is 8.93. The van der Waals surface area contributed by atoms with Gasteiger partial charge in [0.15, 0.2) is 17.6 Å². The monoisotopic (exact) mass is 484 g/mol. The third-order valence-corrected chi connectivity index (χ3v) is 10.2. The number of aromatic amines is 1. The molecule has 1 aromatic heterocycles. The summed E-state index contributed by atoms with van der Waals surface area (Å²) in [6.07, 6.45) is 4.88. The highest BCUT2D eigenvalue weighted by molar-refractivity contribution is 5.87. The molecule has 0 amide bonds. The molecular weight excluding hydrogens is 448 g/mol. The summed E-state index contributed by atoms with van der Waals surface area (Å²) >= 11 is 0. The molecule has 1 saturated carbocycles. The van der Waals surface area contributed by atoms with Crippen molar-refractivity contribution in [3.63, 3.8) is 0 Å². The van der Waals surface area contributed by atoms with Crippen LogP contribution in [0.4, 0.5) is 0 Å². The summed E-state index contributed by atoms with van der Waals surface area (Å²) in [7, 11) is 1.72. The highest BCUT2D eigenvalue weighted by atomic mass is 16.5. The quantitative estimate of drug-likeness (QED) is 0.538. The van der Waals surface area contributed by atoms with E-state index in [9.17, 15) is 5.11 Å². The van der Waals surface area contributed by atoms with Crippen LogP contribution in [-0.4, -0.2) is 46.8 Å². The summed E-state index contributed by atoms with van der Waals surface area (Å²) in [4.78, 5) is 6.41. The molecule has 36 heavy (non-hydrogen) atoms. The first-order chi connectivity index (χ1) is 17.2. The Morgan fingerprint density at radius 3 is 2.78 bits per heavy atom. The van der Waals surface area contributed by atoms with Gasteiger partial charge < -0.3 is 19.6 Å². The van der Waals surface area contributed by atoms with Crippen molar-refractivity contribution in [2.75, 3.05) is 20.2 Å². The Kier molecular flexibility index (Phi) is 4.00. The minimum atomic E-state index is -0.880. The molecule has 188 valence electrons. The average molecular weight is 485 g/mol. The summed E-state index contributed by atoms with van der Waals surface area (Å²) in [5.74, 6) is 2.44. The Morgan fingerprint density at radius 1 is 1.19 bits per heavy atom. The fourth-order valence-electron chi connectivity index (χ4n) is 8.24. The van der Waals surface area contributed by atoms with Gasteiger partial charge in [0.05, 0.1) is 23.8 Å². The van der Waals surface area contributed by atoms with E-state index in [0.717, 1.165) is 54.6 Å². The van der Waals surface area contributed by atoms with E-state index in [2.05, 4.69) is 61.0 Å². The minimum Gasteiger partial charge on any atom is -0.493 e. The molecule has 1 spiro atoms. The number of hydrogen-bond donors (Lipinski definition) is 2. The largest absolute Gasteiger partial charge is 0.493 e. The number of aromatic nitrogens is 1. The number of nitrogens with zero attached hydrogens (tertiary/aromatic N) is 1. The molecule has 3 heterocycles. The Bertz CT molecular complexity index is 1430. The zero-order valence-corrected chi connectivity index (χ0v) is 21.8. The van der Waals surface area contributed by atoms with Gasteiger partial charge in [-0.1, -0.05) is 32.9 Å². The van der Waals surface area contributed by atoms with Crippen LogP contribution >= 0.6 is 0 Å². The Balaban J connectivity index is 1.39. The first-order valence-corrected chi connectivity index (χ1v) is 13.7. The number of piperidine rings is 1. The van der Waals surface area contributed by atoms with E-state index < -0.39 is 11.0 Å². The van der Waals surface area contributed by atoms with E-state index in [0.29, 0.717) is 6.42 Å². The zero-order chi connectivity index (χ0) is 24.6. The predicted molar refractivity (Wildman–Crippen MR) is 140 cm³/mol. The maximum Gasteiger partial charge on any atom is 0.166 e. The van der Waals surface area contributed by atoms with Crippen LogP contribution in [0.1, 0.15) is 74.1 Å². The van der Waals surface area contributed by atoms with Gasteiger partial charge in [-0.25, -0.2) is 0 Å². The number of nitrogens with one attached hydrogen (secondary N) is 1. The van der Waals surface area contributed by atoms with Gasteiger partial charge in [-0.05, 0) is 78.5 Å². The minimum absolute atomic E-state index is 0.0654. The number of aliphatic hydroxyl groups is 1. The summed E-state index contributed by atoms with van der Waals surface area (Å²) < 4.78 is 12.7. The smallest absolute Gasteiger partial charge is 0.166 e. The number of benzene rings is 2. The second kappa shape index (κ2) is 6.68. The van der Waals surface area contributed by atoms with Crippen LogP contribution in [0, 0.1) is 5.92 Å². The van der Waals surface area contributed by atoms with Crippen LogP contribution in [0.2, 0.25) is 0 Å². The van der Waals surface area contributed by atoms with Crippen LogP contribution < -0.4 is 9.47 Å². The fraction of sp³-hybridized carbons (Fsp3) is 0.548. The molecule has 1 saturated heterocycles. The van der Waals surface area contributed by atoms with E-state index >= 15 is 0 Å². The second-order valence-electron chi connectivity index (χ2n) is 13.1. The standard InChI is InChI=1S/C31H36N2O3/c1-29(2,3)19-8-9-22-20(14-19)21-15-31(34)24-13-18-7-10-23(35-4)27-25(18)30(31,28(36-27)26(21)32-22)11-12-33(24)16-17-5-6-17/h7-10,14,17,24,28,32,34H,5-6,11-13,15-16H2,1-4H3/t24-,28+,30+,31-/m1/s1. The van der Waals surface area contributed by atoms with Gasteiger partial charge in [-0.2, -0.15) is 0 Å². The molecule has 2 bridgehead atoms. The molecule has 3 aliphatic carbocycles. The lowest BCUT2D eigenvalue weighted by molar-refractivity contribution is -0.173. The predicted octanol–water partition coefficient (Wildman–Crippen LogP) is 5.17. The number of methoxy groups -OCH3 is 1. The van der Waals surface area contributed by atoms with Crippen molar-refractivity contribution in [3.05, 3.63) is 58.3 Å². The molecule has 5 nitrogen and oxygen atoms in total. The van der Waals surface area contributed by atoms with Crippen LogP contribution in [0.5, 0.6) is 11.5 Å². The highest BCUT2D eigenvalue weighted by Gasteiger charge is 2.72. The maximum absolute atomic E-state index is 13.1. The van der Waals surface area contributed by atoms with Gasteiger partial charge >= 0.3 is 0 Å². The first-order valence-electron chi connectivity index (χ1n) is 13.7. The van der Waals surface area contributed by atoms with Gasteiger partial charge in [0, 0.05) is 35.5 Å². The van der Waals surface area contributed by atoms with Gasteiger partial charge in [-0.3, -0.25) is 4.90 Å². The number of fused-ring (bicyclic) bond motifs is 4. The van der Waals surface area contributed by atoms with Crippen LogP contribution in [0.3, 0.4) is 0 Å². The van der Waals surface area contributed by atoms with Gasteiger partial charge in [0.25, 0.3) is 0 Å². The molecule has 2 aromatic carbocycles. The topological polar surface area (TPSA) is 57.7 Å². The molecule has 2 fully saturated rings. The molecule has 0 unspecified atom stereocenters. The number of H-pyrrole nitrogens is 1. The lowest BCUT2D eigenvalue weighted by Gasteiger charge is -2.62. The van der Waals surface area contributed by atoms with E-state index in [1.54, 1.807) is 7.11 Å². The number of hydrogen-bond acceptors (Lipinski definition) is 4. The molecular formula is C31H36N2O3. The third-order valence-electron chi connectivity index (χ3n) is 10.2. The molecule has 5 heteroatoms. The maximum atomic E-state index is 13.1. The van der Waals surface area contributed by atoms with E-state index in [1.807, 2.05) is 0 Å². The number of ether oxygens (including phenoxy) is 2. The van der Waals surface area contributed by atoms with Crippen LogP contribution in [-0.2, 0) is 23.7 Å². The molecule has 2 N–H and O–H groups in total. The lowest BCUT2D eigenvalue weighted by Crippen LogP contribution is -2.74. The zero-order valence-electron chi connectivity index (χ0n) is 21.8. The van der Waals surface area contributed by atoms with E-state index in [4.69, 9.17) is 9.47 Å². The van der Waals surface area contributed by atoms with Crippen molar-refractivity contribution >= 4 is 10.9 Å². The van der Waals surface area contributed by atoms with E-state index in [1.165, 1.54) is 40.5 Å². The van der Waals surface area contributed by atoms with Crippen molar-refractivity contribution in [3.8, 4) is 11.5 Å². The Morgan fingerprint density at radius 2 is 2.03 bits per heavy atom. The molecule has 8 rings (SSSR count). The van der Waals surface area contributed by atoms with Crippen molar-refractivity contribution in [1.29, 1.82) is 0 Å². The number of rotatable bonds is 3. The third kappa shape index (κ3) is 2.49. The Hall–Kier alpha value is -2.50. The summed E-state index contributed by atoms with van der Waals surface area (Å²) in [5.41, 5.74) is 6.15. The average Bonchev–Trinajstić information content (AvgIpc) is 3.48. The number of likely N-dealkylation sites (tertiary alicyclic amines) is 1. The fourth-order valence-corrected chi connectivity index (χ4v) is 8.24. The summed E-state index contributed by atoms with van der Waals surface area (Å²) in [5, 5.41) is 14.3. The normalized spacial score (nSPS) is 32.2. The second-order valence-corrected chi connectivity index (χ2v) is 13.1. The van der Waals surface area contributed by atoms with Crippen LogP contribution in [0.25, 0.3) is 10.9 Å². The van der Waals surface area contributed by atoms with Crippen LogP contribution in [0.15, 0.2) is 30.3 Å².